The minimum Gasteiger partial charge on any atom is -0.456 e. The van der Waals surface area contributed by atoms with Gasteiger partial charge in [0, 0.05) is 32.9 Å². The summed E-state index contributed by atoms with van der Waals surface area (Å²) in [4.78, 5) is 13.8. The first-order valence-electron chi connectivity index (χ1n) is 17.9. The van der Waals surface area contributed by atoms with Crippen LogP contribution in [0.2, 0.25) is 0 Å². The fourth-order valence-corrected chi connectivity index (χ4v) is 8.30. The molecule has 53 heavy (non-hydrogen) atoms. The molecule has 0 radical (unpaired) electrons. The number of nitrogens with zero attached hydrogens (tertiary/aromatic N) is 2. The Morgan fingerprint density at radius 3 is 1.81 bits per heavy atom. The molecular formula is C49H30N2O2. The Balaban J connectivity index is 1.12. The summed E-state index contributed by atoms with van der Waals surface area (Å²) in [6.07, 6.45) is 0. The zero-order valence-corrected chi connectivity index (χ0v) is 28.5. The van der Waals surface area contributed by atoms with Crippen LogP contribution < -0.4 is 5.43 Å². The molecule has 248 valence electrons. The standard InChI is InChI=1S/C49H30N2O2/c52-49-40-24-22-34(30-46(40)53-45-27-23-33(29-41(45)49)31-12-3-1-4-13-31)32-14-11-17-36(28-32)51-42-20-9-7-18-37(42)38-25-26-44-47(48(38)51)39-19-8-10-21-43(39)50(44)35-15-5-2-6-16-35/h1-30H. The van der Waals surface area contributed by atoms with Crippen LogP contribution in [0.3, 0.4) is 0 Å². The number of rotatable bonds is 4. The van der Waals surface area contributed by atoms with E-state index in [2.05, 4.69) is 137 Å². The van der Waals surface area contributed by atoms with Crippen LogP contribution in [0.4, 0.5) is 0 Å². The van der Waals surface area contributed by atoms with E-state index in [-0.39, 0.29) is 5.43 Å². The first-order valence-corrected chi connectivity index (χ1v) is 17.9. The molecule has 0 N–H and O–H groups in total. The van der Waals surface area contributed by atoms with Crippen molar-refractivity contribution < 1.29 is 4.42 Å². The predicted molar refractivity (Wildman–Crippen MR) is 220 cm³/mol. The quantitative estimate of drug-likeness (QED) is 0.174. The van der Waals surface area contributed by atoms with Gasteiger partial charge in [0.05, 0.1) is 32.8 Å². The van der Waals surface area contributed by atoms with E-state index in [1.807, 2.05) is 54.6 Å². The Hall–Kier alpha value is -7.17. The maximum Gasteiger partial charge on any atom is 0.200 e. The lowest BCUT2D eigenvalue weighted by Gasteiger charge is -2.12. The summed E-state index contributed by atoms with van der Waals surface area (Å²) in [5.41, 5.74) is 12.1. The highest BCUT2D eigenvalue weighted by molar-refractivity contribution is 6.26. The summed E-state index contributed by atoms with van der Waals surface area (Å²) < 4.78 is 11.2. The molecule has 0 atom stereocenters. The second-order valence-electron chi connectivity index (χ2n) is 13.7. The van der Waals surface area contributed by atoms with E-state index in [4.69, 9.17) is 4.42 Å². The topological polar surface area (TPSA) is 40.1 Å². The molecule has 0 saturated carbocycles. The zero-order chi connectivity index (χ0) is 35.0. The van der Waals surface area contributed by atoms with Crippen molar-refractivity contribution in [3.8, 4) is 33.6 Å². The number of fused-ring (bicyclic) bond motifs is 9. The van der Waals surface area contributed by atoms with Crippen LogP contribution >= 0.6 is 0 Å². The molecular weight excluding hydrogens is 649 g/mol. The van der Waals surface area contributed by atoms with Gasteiger partial charge in [0.25, 0.3) is 0 Å². The molecule has 0 aliphatic carbocycles. The van der Waals surface area contributed by atoms with Crippen molar-refractivity contribution in [2.75, 3.05) is 0 Å². The number of para-hydroxylation sites is 3. The number of benzene rings is 8. The number of hydrogen-bond acceptors (Lipinski definition) is 2. The maximum absolute atomic E-state index is 13.8. The van der Waals surface area contributed by atoms with Gasteiger partial charge in [-0.1, -0.05) is 115 Å². The van der Waals surface area contributed by atoms with Crippen molar-refractivity contribution >= 4 is 65.6 Å². The summed E-state index contributed by atoms with van der Waals surface area (Å²) in [6, 6.07) is 63.1. The van der Waals surface area contributed by atoms with Crippen LogP contribution in [-0.4, -0.2) is 9.13 Å². The van der Waals surface area contributed by atoms with E-state index in [1.54, 1.807) is 0 Å². The third-order valence-corrected chi connectivity index (χ3v) is 10.7. The first kappa shape index (κ1) is 29.5. The lowest BCUT2D eigenvalue weighted by molar-refractivity contribution is 0.660. The molecule has 0 aliphatic heterocycles. The minimum atomic E-state index is -0.0247. The lowest BCUT2D eigenvalue weighted by atomic mass is 10.0. The van der Waals surface area contributed by atoms with Gasteiger partial charge in [-0.05, 0) is 89.0 Å². The van der Waals surface area contributed by atoms with E-state index in [0.29, 0.717) is 21.9 Å². The van der Waals surface area contributed by atoms with E-state index >= 15 is 0 Å². The van der Waals surface area contributed by atoms with Crippen LogP contribution in [-0.2, 0) is 0 Å². The fraction of sp³-hybridized carbons (Fsp3) is 0. The Kier molecular flexibility index (Phi) is 6.37. The Morgan fingerprint density at radius 1 is 0.358 bits per heavy atom. The lowest BCUT2D eigenvalue weighted by Crippen LogP contribution is -2.02. The van der Waals surface area contributed by atoms with Gasteiger partial charge >= 0.3 is 0 Å². The first-order chi connectivity index (χ1) is 26.2. The minimum absolute atomic E-state index is 0.0247. The van der Waals surface area contributed by atoms with Gasteiger partial charge in [0.2, 0.25) is 5.43 Å². The van der Waals surface area contributed by atoms with Crippen LogP contribution in [0, 0.1) is 0 Å². The largest absolute Gasteiger partial charge is 0.456 e. The average Bonchev–Trinajstić information content (AvgIpc) is 3.74. The highest BCUT2D eigenvalue weighted by atomic mass is 16.3. The smallest absolute Gasteiger partial charge is 0.200 e. The van der Waals surface area contributed by atoms with Gasteiger partial charge in [0.15, 0.2) is 0 Å². The van der Waals surface area contributed by atoms with Crippen LogP contribution in [0.1, 0.15) is 0 Å². The van der Waals surface area contributed by atoms with E-state index in [9.17, 15) is 4.79 Å². The van der Waals surface area contributed by atoms with Crippen molar-refractivity contribution in [2.24, 2.45) is 0 Å². The van der Waals surface area contributed by atoms with Crippen molar-refractivity contribution in [1.82, 2.24) is 9.13 Å². The maximum atomic E-state index is 13.8. The van der Waals surface area contributed by atoms with Gasteiger partial charge in [-0.25, -0.2) is 0 Å². The third-order valence-electron chi connectivity index (χ3n) is 10.7. The highest BCUT2D eigenvalue weighted by Gasteiger charge is 2.21. The predicted octanol–water partition coefficient (Wildman–Crippen LogP) is 12.5. The molecule has 0 bridgehead atoms. The van der Waals surface area contributed by atoms with Gasteiger partial charge in [-0.15, -0.1) is 0 Å². The molecule has 4 heteroatoms. The summed E-state index contributed by atoms with van der Waals surface area (Å²) in [5.74, 6) is 0. The monoisotopic (exact) mass is 678 g/mol. The van der Waals surface area contributed by atoms with E-state index in [0.717, 1.165) is 44.7 Å². The molecule has 0 unspecified atom stereocenters. The van der Waals surface area contributed by atoms with Gasteiger partial charge in [-0.2, -0.15) is 0 Å². The fourth-order valence-electron chi connectivity index (χ4n) is 8.30. The normalized spacial score (nSPS) is 11.8. The average molecular weight is 679 g/mol. The van der Waals surface area contributed by atoms with Crippen molar-refractivity contribution in [1.29, 1.82) is 0 Å². The van der Waals surface area contributed by atoms with Crippen molar-refractivity contribution in [2.45, 2.75) is 0 Å². The zero-order valence-electron chi connectivity index (χ0n) is 28.5. The molecule has 0 saturated heterocycles. The summed E-state index contributed by atoms with van der Waals surface area (Å²) >= 11 is 0. The molecule has 8 aromatic carbocycles. The molecule has 0 spiro atoms. The summed E-state index contributed by atoms with van der Waals surface area (Å²) in [7, 11) is 0. The Bertz CT molecular complexity index is 3300. The van der Waals surface area contributed by atoms with Crippen molar-refractivity contribution in [3.63, 3.8) is 0 Å². The molecule has 0 fully saturated rings. The highest BCUT2D eigenvalue weighted by Crippen LogP contribution is 2.42. The molecule has 11 aromatic rings. The number of aromatic nitrogens is 2. The third kappa shape index (κ3) is 4.46. The van der Waals surface area contributed by atoms with Gasteiger partial charge < -0.3 is 13.6 Å². The summed E-state index contributed by atoms with van der Waals surface area (Å²) in [5, 5.41) is 6.01. The van der Waals surface area contributed by atoms with Gasteiger partial charge in [-0.3, -0.25) is 4.79 Å². The van der Waals surface area contributed by atoms with Crippen molar-refractivity contribution in [3.05, 3.63) is 192 Å². The van der Waals surface area contributed by atoms with E-state index < -0.39 is 0 Å². The van der Waals surface area contributed by atoms with Crippen LogP contribution in [0.25, 0.3) is 99.2 Å². The summed E-state index contributed by atoms with van der Waals surface area (Å²) in [6.45, 7) is 0. The Labute approximate surface area is 304 Å². The van der Waals surface area contributed by atoms with Gasteiger partial charge in [0.1, 0.15) is 11.2 Å². The second-order valence-corrected chi connectivity index (χ2v) is 13.7. The Morgan fingerprint density at radius 2 is 0.981 bits per heavy atom. The van der Waals surface area contributed by atoms with Crippen LogP contribution in [0.15, 0.2) is 191 Å². The molecule has 4 nitrogen and oxygen atoms in total. The number of hydrogen-bond donors (Lipinski definition) is 0. The van der Waals surface area contributed by atoms with E-state index in [1.165, 1.54) is 32.6 Å². The SMILES string of the molecule is O=c1c2ccc(-c3cccc(-n4c5ccccc5c5ccc6c(c7ccccc7n6-c6ccccc6)c54)c3)cc2oc2ccc(-c3ccccc3)cc12. The molecule has 3 aromatic heterocycles. The molecule has 3 heterocycles. The molecule has 0 aliphatic rings. The second kappa shape index (κ2) is 11.4. The molecule has 0 amide bonds. The van der Waals surface area contributed by atoms with Crippen LogP contribution in [0.5, 0.6) is 0 Å². The molecule has 11 rings (SSSR count).